The highest BCUT2D eigenvalue weighted by atomic mass is 79.9. The summed E-state index contributed by atoms with van der Waals surface area (Å²) in [6.07, 6.45) is 7.87. The average Bonchev–Trinajstić information content (AvgIpc) is 2.72. The van der Waals surface area contributed by atoms with Gasteiger partial charge in [-0.25, -0.2) is 0 Å². The average molecular weight is 303 g/mol. The molecule has 0 aliphatic heterocycles. The van der Waals surface area contributed by atoms with Gasteiger partial charge in [0, 0.05) is 12.5 Å². The van der Waals surface area contributed by atoms with Gasteiger partial charge < -0.3 is 4.42 Å². The molecule has 1 aromatic rings. The Hall–Kier alpha value is -0.570. The summed E-state index contributed by atoms with van der Waals surface area (Å²) < 4.78 is 6.27. The quantitative estimate of drug-likeness (QED) is 0.499. The van der Waals surface area contributed by atoms with E-state index >= 15 is 0 Å². The molecule has 0 bridgehead atoms. The van der Waals surface area contributed by atoms with Gasteiger partial charge in [-0.15, -0.1) is 0 Å². The molecule has 17 heavy (non-hydrogen) atoms. The van der Waals surface area contributed by atoms with Gasteiger partial charge >= 0.3 is 0 Å². The third-order valence-corrected chi connectivity index (χ3v) is 3.07. The van der Waals surface area contributed by atoms with Crippen LogP contribution in [0.1, 0.15) is 69.2 Å². The van der Waals surface area contributed by atoms with Crippen LogP contribution in [0.25, 0.3) is 0 Å². The lowest BCUT2D eigenvalue weighted by Gasteiger charge is -1.98. The minimum absolute atomic E-state index is 0.408. The molecular formula is C14H23BrO2. The van der Waals surface area contributed by atoms with Gasteiger partial charge in [0.05, 0.1) is 4.47 Å². The fourth-order valence-electron chi connectivity index (χ4n) is 1.54. The highest BCUT2D eigenvalue weighted by Crippen LogP contribution is 2.22. The topological polar surface area (TPSA) is 30.2 Å². The van der Waals surface area contributed by atoms with Gasteiger partial charge in [0.25, 0.3) is 0 Å². The first-order valence-electron chi connectivity index (χ1n) is 6.51. The zero-order valence-electron chi connectivity index (χ0n) is 11.1. The Morgan fingerprint density at radius 3 is 2.41 bits per heavy atom. The van der Waals surface area contributed by atoms with E-state index in [-0.39, 0.29) is 0 Å². The zero-order valence-corrected chi connectivity index (χ0v) is 12.7. The maximum Gasteiger partial charge on any atom is 0.185 e. The molecule has 1 aromatic heterocycles. The van der Waals surface area contributed by atoms with Crippen molar-refractivity contribution in [1.82, 2.24) is 0 Å². The monoisotopic (exact) mass is 302 g/mol. The molecule has 98 valence electrons. The van der Waals surface area contributed by atoms with Crippen LogP contribution in [0.15, 0.2) is 15.0 Å². The van der Waals surface area contributed by atoms with Crippen LogP contribution in [0, 0.1) is 0 Å². The van der Waals surface area contributed by atoms with Crippen LogP contribution in [0.2, 0.25) is 0 Å². The number of unbranched alkanes of at least 4 members (excludes halogenated alkanes) is 4. The number of carbonyl (C=O) groups excluding carboxylic acids is 1. The van der Waals surface area contributed by atoms with Crippen LogP contribution in [0.4, 0.5) is 0 Å². The molecule has 0 atom stereocenters. The molecule has 3 heteroatoms. The molecule has 0 aliphatic carbocycles. The summed E-state index contributed by atoms with van der Waals surface area (Å²) in [6, 6.07) is 1.73. The molecule has 1 rings (SSSR count). The first-order chi connectivity index (χ1) is 8.27. The van der Waals surface area contributed by atoms with E-state index in [1.807, 2.05) is 13.8 Å². The lowest BCUT2D eigenvalue weighted by Crippen LogP contribution is -1.84. The van der Waals surface area contributed by atoms with E-state index in [1.165, 1.54) is 25.7 Å². The highest BCUT2D eigenvalue weighted by molar-refractivity contribution is 9.10. The third kappa shape index (κ3) is 6.67. The number of hydrogen-bond acceptors (Lipinski definition) is 2. The molecule has 0 aliphatic rings. The number of rotatable bonds is 7. The number of aldehydes is 1. The van der Waals surface area contributed by atoms with Crippen molar-refractivity contribution in [1.29, 1.82) is 0 Å². The van der Waals surface area contributed by atoms with Gasteiger partial charge in [-0.2, -0.15) is 0 Å². The lowest BCUT2D eigenvalue weighted by atomic mass is 10.1. The molecule has 0 aromatic carbocycles. The van der Waals surface area contributed by atoms with Gasteiger partial charge in [-0.05, 0) is 22.4 Å². The lowest BCUT2D eigenvalue weighted by molar-refractivity contribution is 0.109. The molecule has 0 radical (unpaired) electrons. The third-order valence-electron chi connectivity index (χ3n) is 2.40. The van der Waals surface area contributed by atoms with E-state index in [2.05, 4.69) is 22.9 Å². The van der Waals surface area contributed by atoms with E-state index in [9.17, 15) is 4.79 Å². The van der Waals surface area contributed by atoms with E-state index < -0.39 is 0 Å². The van der Waals surface area contributed by atoms with Crippen LogP contribution in [0.3, 0.4) is 0 Å². The van der Waals surface area contributed by atoms with Crippen LogP contribution in [-0.4, -0.2) is 6.29 Å². The molecule has 0 saturated carbocycles. The maximum atomic E-state index is 10.5. The fourth-order valence-corrected chi connectivity index (χ4v) is 2.05. The Bertz CT molecular complexity index is 305. The van der Waals surface area contributed by atoms with Crippen molar-refractivity contribution in [2.75, 3.05) is 0 Å². The molecule has 0 N–H and O–H groups in total. The smallest absolute Gasteiger partial charge is 0.185 e. The van der Waals surface area contributed by atoms with Crippen LogP contribution in [-0.2, 0) is 6.42 Å². The van der Waals surface area contributed by atoms with Gasteiger partial charge in [0.1, 0.15) is 5.76 Å². The standard InChI is InChI=1S/C12H17BrO2.C2H6/c1-2-3-4-5-6-7-12-11(13)8-10(9-14)15-12;1-2/h8-9H,2-7H2,1H3;1-2H3. The van der Waals surface area contributed by atoms with Crippen molar-refractivity contribution in [3.05, 3.63) is 22.1 Å². The second-order valence-electron chi connectivity index (χ2n) is 3.70. The van der Waals surface area contributed by atoms with Crippen molar-refractivity contribution < 1.29 is 9.21 Å². The number of halogens is 1. The second-order valence-corrected chi connectivity index (χ2v) is 4.56. The van der Waals surface area contributed by atoms with Crippen LogP contribution in [0.5, 0.6) is 0 Å². The molecule has 0 amide bonds. The van der Waals surface area contributed by atoms with Gasteiger partial charge in [0.2, 0.25) is 0 Å². The molecule has 0 fully saturated rings. The Morgan fingerprint density at radius 1 is 1.24 bits per heavy atom. The normalized spacial score (nSPS) is 9.65. The first-order valence-corrected chi connectivity index (χ1v) is 7.30. The van der Waals surface area contributed by atoms with Crippen molar-refractivity contribution in [2.45, 2.75) is 59.3 Å². The Balaban J connectivity index is 0.00000121. The fraction of sp³-hybridized carbons (Fsp3) is 0.643. The number of carbonyl (C=O) groups is 1. The molecule has 0 saturated heterocycles. The summed E-state index contributed by atoms with van der Waals surface area (Å²) in [5.41, 5.74) is 0. The summed E-state index contributed by atoms with van der Waals surface area (Å²) in [5, 5.41) is 0. The molecule has 0 unspecified atom stereocenters. The van der Waals surface area contributed by atoms with Crippen molar-refractivity contribution in [2.24, 2.45) is 0 Å². The van der Waals surface area contributed by atoms with E-state index in [4.69, 9.17) is 4.42 Å². The summed E-state index contributed by atoms with van der Waals surface area (Å²) in [5.74, 6) is 1.30. The zero-order chi connectivity index (χ0) is 13.1. The van der Waals surface area contributed by atoms with Crippen LogP contribution < -0.4 is 0 Å². The Kier molecular flexibility index (Phi) is 10.2. The Morgan fingerprint density at radius 2 is 1.88 bits per heavy atom. The molecule has 1 heterocycles. The summed E-state index contributed by atoms with van der Waals surface area (Å²) in [7, 11) is 0. The van der Waals surface area contributed by atoms with Gasteiger partial charge in [-0.1, -0.05) is 46.5 Å². The predicted molar refractivity (Wildman–Crippen MR) is 75.6 cm³/mol. The maximum absolute atomic E-state index is 10.5. The summed E-state index contributed by atoms with van der Waals surface area (Å²) in [4.78, 5) is 10.5. The predicted octanol–water partition coefficient (Wildman–Crippen LogP) is 5.39. The van der Waals surface area contributed by atoms with Crippen molar-refractivity contribution >= 4 is 22.2 Å². The van der Waals surface area contributed by atoms with Crippen molar-refractivity contribution in [3.63, 3.8) is 0 Å². The van der Waals surface area contributed by atoms with Gasteiger partial charge in [-0.3, -0.25) is 4.79 Å². The van der Waals surface area contributed by atoms with Crippen LogP contribution >= 0.6 is 15.9 Å². The summed E-state index contributed by atoms with van der Waals surface area (Å²) >= 11 is 3.39. The first kappa shape index (κ1) is 16.4. The number of furan rings is 1. The minimum atomic E-state index is 0.408. The second kappa shape index (κ2) is 10.6. The number of aryl methyl sites for hydroxylation is 1. The SMILES string of the molecule is CC.CCCCCCCc1oc(C=O)cc1Br. The van der Waals surface area contributed by atoms with Gasteiger partial charge in [0.15, 0.2) is 12.0 Å². The Labute approximate surface area is 113 Å². The molecule has 2 nitrogen and oxygen atoms in total. The molecule has 0 spiro atoms. The minimum Gasteiger partial charge on any atom is -0.457 e. The van der Waals surface area contributed by atoms with E-state index in [0.717, 1.165) is 29.4 Å². The molecular weight excluding hydrogens is 280 g/mol. The van der Waals surface area contributed by atoms with E-state index in [1.54, 1.807) is 6.07 Å². The number of hydrogen-bond donors (Lipinski definition) is 0. The largest absolute Gasteiger partial charge is 0.457 e. The summed E-state index contributed by atoms with van der Waals surface area (Å²) in [6.45, 7) is 6.21. The highest BCUT2D eigenvalue weighted by Gasteiger charge is 2.07. The van der Waals surface area contributed by atoms with E-state index in [0.29, 0.717) is 5.76 Å². The van der Waals surface area contributed by atoms with Crippen molar-refractivity contribution in [3.8, 4) is 0 Å².